The molecule has 3 unspecified atom stereocenters. The van der Waals surface area contributed by atoms with Crippen LogP contribution in [-0.2, 0) is 19.0 Å². The van der Waals surface area contributed by atoms with Crippen molar-refractivity contribution in [3.8, 4) is 0 Å². The number of nitrogens with one attached hydrogen (secondary N) is 2. The standard InChI is InChI=1S/C17H32N4O4/c1-13(11-25-15-6-8-23-12-15)20-17(19-10-16(22)21(2)3)18-9-14-5-4-7-24-14/h13-15H,4-12H2,1-3H3,(H2,18,19,20). The largest absolute Gasteiger partial charge is 0.379 e. The first kappa shape index (κ1) is 19.9. The van der Waals surface area contributed by atoms with Crippen molar-refractivity contribution in [2.24, 2.45) is 4.99 Å². The van der Waals surface area contributed by atoms with Gasteiger partial charge in [-0.1, -0.05) is 0 Å². The first-order chi connectivity index (χ1) is 12.0. The second-order valence-corrected chi connectivity index (χ2v) is 6.83. The molecule has 0 aromatic rings. The molecule has 2 aliphatic heterocycles. The Morgan fingerprint density at radius 3 is 2.84 bits per heavy atom. The number of ether oxygens (including phenoxy) is 3. The Balaban J connectivity index is 1.80. The van der Waals surface area contributed by atoms with Crippen LogP contribution < -0.4 is 10.6 Å². The molecular formula is C17H32N4O4. The van der Waals surface area contributed by atoms with Crippen LogP contribution in [0, 0.1) is 0 Å². The van der Waals surface area contributed by atoms with E-state index in [-0.39, 0.29) is 30.7 Å². The number of hydrogen-bond donors (Lipinski definition) is 2. The first-order valence-corrected chi connectivity index (χ1v) is 9.10. The maximum atomic E-state index is 11.8. The second kappa shape index (κ2) is 10.6. The van der Waals surface area contributed by atoms with Gasteiger partial charge in [-0.3, -0.25) is 4.79 Å². The number of aliphatic imine (C=N–C) groups is 1. The van der Waals surface area contributed by atoms with E-state index in [1.165, 1.54) is 4.90 Å². The lowest BCUT2D eigenvalue weighted by Gasteiger charge is -2.21. The molecule has 0 aliphatic carbocycles. The Bertz CT molecular complexity index is 432. The molecule has 25 heavy (non-hydrogen) atoms. The van der Waals surface area contributed by atoms with E-state index in [0.29, 0.717) is 25.7 Å². The van der Waals surface area contributed by atoms with Gasteiger partial charge in [0.1, 0.15) is 6.54 Å². The molecular weight excluding hydrogens is 324 g/mol. The van der Waals surface area contributed by atoms with Crippen molar-refractivity contribution < 1.29 is 19.0 Å². The SMILES string of the molecule is CC(COC1CCOC1)NC(=NCC(=O)N(C)C)NCC1CCCO1. The molecule has 0 aromatic carbocycles. The Kier molecular flexibility index (Phi) is 8.43. The van der Waals surface area contributed by atoms with E-state index in [9.17, 15) is 4.79 Å². The fraction of sp³-hybridized carbons (Fsp3) is 0.882. The Morgan fingerprint density at radius 2 is 2.20 bits per heavy atom. The Hall–Kier alpha value is -1.38. The van der Waals surface area contributed by atoms with Crippen molar-refractivity contribution in [1.82, 2.24) is 15.5 Å². The molecule has 144 valence electrons. The normalized spacial score (nSPS) is 25.0. The highest BCUT2D eigenvalue weighted by Crippen LogP contribution is 2.10. The lowest BCUT2D eigenvalue weighted by molar-refractivity contribution is -0.127. The van der Waals surface area contributed by atoms with Crippen molar-refractivity contribution in [2.45, 2.75) is 44.4 Å². The Morgan fingerprint density at radius 1 is 1.36 bits per heavy atom. The molecule has 2 heterocycles. The molecule has 2 N–H and O–H groups in total. The number of hydrogen-bond acceptors (Lipinski definition) is 5. The summed E-state index contributed by atoms with van der Waals surface area (Å²) in [7, 11) is 3.45. The molecule has 1 amide bonds. The van der Waals surface area contributed by atoms with Gasteiger partial charge in [0.15, 0.2) is 5.96 Å². The molecule has 0 bridgehead atoms. The summed E-state index contributed by atoms with van der Waals surface area (Å²) in [4.78, 5) is 17.7. The molecule has 0 saturated carbocycles. The zero-order chi connectivity index (χ0) is 18.1. The summed E-state index contributed by atoms with van der Waals surface area (Å²) in [6.45, 7) is 5.66. The highest BCUT2D eigenvalue weighted by Gasteiger charge is 2.19. The number of carbonyl (C=O) groups is 1. The second-order valence-electron chi connectivity index (χ2n) is 6.83. The predicted molar refractivity (Wildman–Crippen MR) is 95.7 cm³/mol. The third-order valence-corrected chi connectivity index (χ3v) is 4.25. The summed E-state index contributed by atoms with van der Waals surface area (Å²) in [5, 5.41) is 6.58. The highest BCUT2D eigenvalue weighted by molar-refractivity contribution is 5.84. The summed E-state index contributed by atoms with van der Waals surface area (Å²) in [6.07, 6.45) is 3.48. The van der Waals surface area contributed by atoms with E-state index in [4.69, 9.17) is 14.2 Å². The predicted octanol–water partition coefficient (Wildman–Crippen LogP) is -0.0172. The summed E-state index contributed by atoms with van der Waals surface area (Å²) >= 11 is 0. The minimum atomic E-state index is -0.0368. The zero-order valence-electron chi connectivity index (χ0n) is 15.6. The number of rotatable bonds is 8. The summed E-state index contributed by atoms with van der Waals surface area (Å²) in [6, 6.07) is 0.0748. The number of likely N-dealkylation sites (N-methyl/N-ethyl adjacent to an activating group) is 1. The first-order valence-electron chi connectivity index (χ1n) is 9.10. The van der Waals surface area contributed by atoms with Crippen LogP contribution >= 0.6 is 0 Å². The molecule has 8 heteroatoms. The average Bonchev–Trinajstić information content (AvgIpc) is 3.28. The fourth-order valence-corrected chi connectivity index (χ4v) is 2.66. The summed E-state index contributed by atoms with van der Waals surface area (Å²) < 4.78 is 16.8. The highest BCUT2D eigenvalue weighted by atomic mass is 16.5. The molecule has 3 atom stereocenters. The number of nitrogens with zero attached hydrogens (tertiary/aromatic N) is 2. The van der Waals surface area contributed by atoms with Gasteiger partial charge in [-0.2, -0.15) is 0 Å². The van der Waals surface area contributed by atoms with Gasteiger partial charge in [-0.15, -0.1) is 0 Å². The molecule has 2 fully saturated rings. The summed E-state index contributed by atoms with van der Waals surface area (Å²) in [5.41, 5.74) is 0. The van der Waals surface area contributed by atoms with Gasteiger partial charge >= 0.3 is 0 Å². The molecule has 8 nitrogen and oxygen atoms in total. The van der Waals surface area contributed by atoms with E-state index >= 15 is 0 Å². The van der Waals surface area contributed by atoms with Crippen LogP contribution in [-0.4, -0.2) is 88.6 Å². The molecule has 0 spiro atoms. The zero-order valence-corrected chi connectivity index (χ0v) is 15.6. The maximum Gasteiger partial charge on any atom is 0.243 e. The lowest BCUT2D eigenvalue weighted by Crippen LogP contribution is -2.47. The molecule has 2 rings (SSSR count). The van der Waals surface area contributed by atoms with Crippen LogP contribution in [0.25, 0.3) is 0 Å². The number of carbonyl (C=O) groups excluding carboxylic acids is 1. The van der Waals surface area contributed by atoms with Crippen LogP contribution in [0.4, 0.5) is 0 Å². The van der Waals surface area contributed by atoms with Gasteiger partial charge in [0.05, 0.1) is 25.4 Å². The molecule has 2 aliphatic rings. The molecule has 0 radical (unpaired) electrons. The molecule has 0 aromatic heterocycles. The average molecular weight is 356 g/mol. The molecule has 2 saturated heterocycles. The van der Waals surface area contributed by atoms with Gasteiger partial charge < -0.3 is 29.7 Å². The van der Waals surface area contributed by atoms with Crippen molar-refractivity contribution in [2.75, 3.05) is 53.6 Å². The van der Waals surface area contributed by atoms with Crippen molar-refractivity contribution >= 4 is 11.9 Å². The van der Waals surface area contributed by atoms with Crippen LogP contribution in [0.5, 0.6) is 0 Å². The number of guanidine groups is 1. The van der Waals surface area contributed by atoms with Crippen molar-refractivity contribution in [3.63, 3.8) is 0 Å². The third kappa shape index (κ3) is 7.58. The maximum absolute atomic E-state index is 11.8. The van der Waals surface area contributed by atoms with Gasteiger partial charge in [-0.25, -0.2) is 4.99 Å². The van der Waals surface area contributed by atoms with Crippen molar-refractivity contribution in [1.29, 1.82) is 0 Å². The lowest BCUT2D eigenvalue weighted by atomic mass is 10.2. The topological polar surface area (TPSA) is 84.4 Å². The van der Waals surface area contributed by atoms with E-state index in [0.717, 1.165) is 32.5 Å². The van der Waals surface area contributed by atoms with Gasteiger partial charge in [0.2, 0.25) is 5.91 Å². The van der Waals surface area contributed by atoms with E-state index in [1.807, 2.05) is 6.92 Å². The van der Waals surface area contributed by atoms with Crippen LogP contribution in [0.2, 0.25) is 0 Å². The van der Waals surface area contributed by atoms with Gasteiger partial charge in [0, 0.05) is 39.9 Å². The van der Waals surface area contributed by atoms with Crippen LogP contribution in [0.1, 0.15) is 26.2 Å². The minimum Gasteiger partial charge on any atom is -0.379 e. The van der Waals surface area contributed by atoms with Gasteiger partial charge in [-0.05, 0) is 26.2 Å². The quantitative estimate of drug-likeness (QED) is 0.470. The number of amides is 1. The van der Waals surface area contributed by atoms with E-state index in [2.05, 4.69) is 15.6 Å². The van der Waals surface area contributed by atoms with Gasteiger partial charge in [0.25, 0.3) is 0 Å². The Labute approximate surface area is 150 Å². The fourth-order valence-electron chi connectivity index (χ4n) is 2.66. The third-order valence-electron chi connectivity index (χ3n) is 4.25. The van der Waals surface area contributed by atoms with Crippen molar-refractivity contribution in [3.05, 3.63) is 0 Å². The monoisotopic (exact) mass is 356 g/mol. The van der Waals surface area contributed by atoms with E-state index in [1.54, 1.807) is 14.1 Å². The van der Waals surface area contributed by atoms with Crippen LogP contribution in [0.3, 0.4) is 0 Å². The minimum absolute atomic E-state index is 0.0368. The summed E-state index contributed by atoms with van der Waals surface area (Å²) in [5.74, 6) is 0.578. The smallest absolute Gasteiger partial charge is 0.243 e. The van der Waals surface area contributed by atoms with Crippen LogP contribution in [0.15, 0.2) is 4.99 Å². The van der Waals surface area contributed by atoms with E-state index < -0.39 is 0 Å².